The lowest BCUT2D eigenvalue weighted by molar-refractivity contribution is 0.0771. The van der Waals surface area contributed by atoms with Gasteiger partial charge in [-0.25, -0.2) is 0 Å². The quantitative estimate of drug-likeness (QED) is 0.675. The van der Waals surface area contributed by atoms with E-state index in [0.717, 1.165) is 12.0 Å². The molecule has 1 aliphatic rings. The summed E-state index contributed by atoms with van der Waals surface area (Å²) in [5, 5.41) is 0.462. The van der Waals surface area contributed by atoms with Crippen LogP contribution in [0.2, 0.25) is 0 Å². The van der Waals surface area contributed by atoms with E-state index in [1.807, 2.05) is 25.1 Å². The number of fused-ring (bicyclic) bond motifs is 2. The molecule has 0 fully saturated rings. The van der Waals surface area contributed by atoms with E-state index in [2.05, 4.69) is 0 Å². The number of carbonyl (C=O) groups excluding carboxylic acids is 1. The third-order valence-electron chi connectivity index (χ3n) is 4.97. The van der Waals surface area contributed by atoms with Crippen molar-refractivity contribution in [3.8, 4) is 11.5 Å². The van der Waals surface area contributed by atoms with Crippen molar-refractivity contribution < 1.29 is 18.7 Å². The molecule has 1 aliphatic heterocycles. The van der Waals surface area contributed by atoms with Crippen LogP contribution in [-0.4, -0.2) is 31.6 Å². The average molecular weight is 379 g/mol. The topological polar surface area (TPSA) is 69.0 Å². The van der Waals surface area contributed by atoms with Gasteiger partial charge in [-0.15, -0.1) is 0 Å². The van der Waals surface area contributed by atoms with Crippen LogP contribution in [0.15, 0.2) is 51.7 Å². The van der Waals surface area contributed by atoms with Crippen LogP contribution >= 0.6 is 0 Å². The first-order valence-corrected chi connectivity index (χ1v) is 9.20. The van der Waals surface area contributed by atoms with E-state index in [1.54, 1.807) is 38.4 Å². The number of amides is 1. The Kier molecular flexibility index (Phi) is 4.55. The summed E-state index contributed by atoms with van der Waals surface area (Å²) in [5.41, 5.74) is 1.34. The van der Waals surface area contributed by atoms with Crippen molar-refractivity contribution in [3.63, 3.8) is 0 Å². The maximum absolute atomic E-state index is 13.2. The second kappa shape index (κ2) is 7.03. The highest BCUT2D eigenvalue weighted by Gasteiger charge is 2.40. The van der Waals surface area contributed by atoms with Gasteiger partial charge < -0.3 is 18.8 Å². The molecule has 0 spiro atoms. The molecule has 0 saturated heterocycles. The summed E-state index contributed by atoms with van der Waals surface area (Å²) < 4.78 is 17.0. The van der Waals surface area contributed by atoms with E-state index in [9.17, 15) is 9.59 Å². The van der Waals surface area contributed by atoms with E-state index in [0.29, 0.717) is 34.6 Å². The molecular weight excluding hydrogens is 358 g/mol. The summed E-state index contributed by atoms with van der Waals surface area (Å²) in [4.78, 5) is 27.5. The van der Waals surface area contributed by atoms with Crippen LogP contribution < -0.4 is 14.9 Å². The van der Waals surface area contributed by atoms with Gasteiger partial charge in [0.2, 0.25) is 5.76 Å². The number of carbonyl (C=O) groups is 1. The maximum atomic E-state index is 13.2. The highest BCUT2D eigenvalue weighted by atomic mass is 16.5. The lowest BCUT2D eigenvalue weighted by atomic mass is 9.98. The molecule has 144 valence electrons. The van der Waals surface area contributed by atoms with Crippen LogP contribution in [0.1, 0.15) is 41.1 Å². The fourth-order valence-corrected chi connectivity index (χ4v) is 3.61. The van der Waals surface area contributed by atoms with E-state index in [1.165, 1.54) is 4.90 Å². The summed E-state index contributed by atoms with van der Waals surface area (Å²) in [6.45, 7) is 2.61. The number of nitrogens with zero attached hydrogens (tertiary/aromatic N) is 1. The molecule has 28 heavy (non-hydrogen) atoms. The first-order valence-electron chi connectivity index (χ1n) is 9.20. The van der Waals surface area contributed by atoms with Crippen LogP contribution in [0.25, 0.3) is 11.0 Å². The van der Waals surface area contributed by atoms with E-state index in [-0.39, 0.29) is 17.1 Å². The Bertz CT molecular complexity index is 1120. The monoisotopic (exact) mass is 379 g/mol. The van der Waals surface area contributed by atoms with Gasteiger partial charge in [0.05, 0.1) is 30.7 Å². The Morgan fingerprint density at radius 3 is 2.64 bits per heavy atom. The lowest BCUT2D eigenvalue weighted by Crippen LogP contribution is -2.25. The predicted molar refractivity (Wildman–Crippen MR) is 105 cm³/mol. The Balaban J connectivity index is 1.87. The van der Waals surface area contributed by atoms with Crippen molar-refractivity contribution >= 4 is 16.9 Å². The van der Waals surface area contributed by atoms with Gasteiger partial charge in [0.1, 0.15) is 5.58 Å². The second-order valence-electron chi connectivity index (χ2n) is 6.75. The minimum absolute atomic E-state index is 0.0986. The van der Waals surface area contributed by atoms with Gasteiger partial charge in [-0.05, 0) is 36.2 Å². The number of para-hydroxylation sites is 1. The fourth-order valence-electron chi connectivity index (χ4n) is 3.61. The Labute approximate surface area is 162 Å². The molecule has 1 amide bonds. The van der Waals surface area contributed by atoms with Crippen LogP contribution in [0.3, 0.4) is 0 Å². The summed E-state index contributed by atoms with van der Waals surface area (Å²) in [6, 6.07) is 11.9. The number of hydrogen-bond acceptors (Lipinski definition) is 5. The Morgan fingerprint density at radius 2 is 1.89 bits per heavy atom. The number of ether oxygens (including phenoxy) is 2. The number of rotatable bonds is 5. The molecule has 0 bridgehead atoms. The molecule has 0 aliphatic carbocycles. The van der Waals surface area contributed by atoms with Gasteiger partial charge >= 0.3 is 0 Å². The highest BCUT2D eigenvalue weighted by molar-refractivity contribution is 5.98. The molecule has 4 rings (SSSR count). The SMILES string of the molecule is CCCOc1ccc([C@@H]2c3c(oc4ccccc4c3=O)C(=O)N2C)cc1OC. The fraction of sp³-hybridized carbons (Fsp3) is 0.273. The number of benzene rings is 2. The molecule has 0 unspecified atom stereocenters. The largest absolute Gasteiger partial charge is 0.493 e. The standard InChI is InChI=1S/C22H21NO5/c1-4-11-27-16-10-9-13(12-17(16)26-3)19-18-20(24)14-7-5-6-8-15(14)28-21(18)22(25)23(19)2/h5-10,12,19H,4,11H2,1-3H3/t19-/m1/s1. The van der Waals surface area contributed by atoms with Crippen molar-refractivity contribution in [2.24, 2.45) is 0 Å². The van der Waals surface area contributed by atoms with E-state index < -0.39 is 6.04 Å². The molecule has 0 radical (unpaired) electrons. The van der Waals surface area contributed by atoms with Crippen LogP contribution in [0.5, 0.6) is 11.5 Å². The van der Waals surface area contributed by atoms with Crippen molar-refractivity contribution in [2.75, 3.05) is 20.8 Å². The third kappa shape index (κ3) is 2.72. The number of hydrogen-bond donors (Lipinski definition) is 0. The molecule has 3 aromatic rings. The van der Waals surface area contributed by atoms with Crippen LogP contribution in [0, 0.1) is 0 Å². The highest BCUT2D eigenvalue weighted by Crippen LogP contribution is 2.40. The van der Waals surface area contributed by atoms with E-state index in [4.69, 9.17) is 13.9 Å². The van der Waals surface area contributed by atoms with E-state index >= 15 is 0 Å². The zero-order chi connectivity index (χ0) is 19.8. The molecule has 1 aromatic heterocycles. The van der Waals surface area contributed by atoms with Gasteiger partial charge in [-0.1, -0.05) is 25.1 Å². The molecule has 2 heterocycles. The molecule has 6 heteroatoms. The summed E-state index contributed by atoms with van der Waals surface area (Å²) in [5.74, 6) is 0.978. The van der Waals surface area contributed by atoms with Gasteiger partial charge in [-0.3, -0.25) is 9.59 Å². The summed E-state index contributed by atoms with van der Waals surface area (Å²) >= 11 is 0. The lowest BCUT2D eigenvalue weighted by Gasteiger charge is -2.21. The van der Waals surface area contributed by atoms with Gasteiger partial charge in [0.15, 0.2) is 16.9 Å². The molecule has 0 N–H and O–H groups in total. The summed E-state index contributed by atoms with van der Waals surface area (Å²) in [7, 11) is 3.23. The zero-order valence-corrected chi connectivity index (χ0v) is 16.0. The van der Waals surface area contributed by atoms with Crippen LogP contribution in [-0.2, 0) is 0 Å². The Morgan fingerprint density at radius 1 is 1.11 bits per heavy atom. The number of methoxy groups -OCH3 is 1. The predicted octanol–water partition coefficient (Wildman–Crippen LogP) is 3.77. The second-order valence-corrected chi connectivity index (χ2v) is 6.75. The molecular formula is C22H21NO5. The normalized spacial score (nSPS) is 15.8. The van der Waals surface area contributed by atoms with Crippen LogP contribution in [0.4, 0.5) is 0 Å². The minimum Gasteiger partial charge on any atom is -0.493 e. The minimum atomic E-state index is -0.544. The first-order chi connectivity index (χ1) is 13.6. The smallest absolute Gasteiger partial charge is 0.290 e. The first kappa shape index (κ1) is 18.1. The zero-order valence-electron chi connectivity index (χ0n) is 16.0. The maximum Gasteiger partial charge on any atom is 0.290 e. The van der Waals surface area contributed by atoms with Gasteiger partial charge in [0, 0.05) is 7.05 Å². The van der Waals surface area contributed by atoms with Crippen molar-refractivity contribution in [3.05, 3.63) is 69.6 Å². The van der Waals surface area contributed by atoms with Crippen molar-refractivity contribution in [1.82, 2.24) is 4.90 Å². The average Bonchev–Trinajstić information content (AvgIpc) is 2.97. The molecule has 2 aromatic carbocycles. The Hall–Kier alpha value is -3.28. The summed E-state index contributed by atoms with van der Waals surface area (Å²) in [6.07, 6.45) is 0.881. The van der Waals surface area contributed by atoms with Gasteiger partial charge in [-0.2, -0.15) is 0 Å². The third-order valence-corrected chi connectivity index (χ3v) is 4.97. The molecule has 0 saturated carbocycles. The van der Waals surface area contributed by atoms with Crippen molar-refractivity contribution in [1.29, 1.82) is 0 Å². The van der Waals surface area contributed by atoms with Crippen molar-refractivity contribution in [2.45, 2.75) is 19.4 Å². The van der Waals surface area contributed by atoms with Gasteiger partial charge in [0.25, 0.3) is 5.91 Å². The molecule has 1 atom stereocenters. The molecule has 6 nitrogen and oxygen atoms in total.